The molecule has 1 aliphatic heterocycles. The molecule has 31 heavy (non-hydrogen) atoms. The number of benzene rings is 3. The number of nitrogens with zero attached hydrogens (tertiary/aromatic N) is 1. The predicted molar refractivity (Wildman–Crippen MR) is 124 cm³/mol. The van der Waals surface area contributed by atoms with Crippen molar-refractivity contribution in [2.75, 3.05) is 19.7 Å². The molecule has 0 atom stereocenters. The lowest BCUT2D eigenvalue weighted by atomic mass is 9.84. The van der Waals surface area contributed by atoms with Gasteiger partial charge in [-0.15, -0.1) is 0 Å². The Balaban J connectivity index is 1.25. The molecule has 0 spiro atoms. The van der Waals surface area contributed by atoms with E-state index in [-0.39, 0.29) is 12.0 Å². The fourth-order valence-corrected chi connectivity index (χ4v) is 5.51. The molecular formula is C26H24BrNO3. The molecule has 1 amide bonds. The van der Waals surface area contributed by atoms with Gasteiger partial charge in [0.25, 0.3) is 0 Å². The van der Waals surface area contributed by atoms with E-state index in [1.165, 1.54) is 22.3 Å². The highest BCUT2D eigenvalue weighted by Gasteiger charge is 2.37. The Bertz CT molecular complexity index is 1080. The van der Waals surface area contributed by atoms with Gasteiger partial charge in [-0.05, 0) is 46.7 Å². The maximum atomic E-state index is 12.8. The molecule has 3 aromatic carbocycles. The molecule has 5 rings (SSSR count). The SMILES string of the molecule is O=C(OCC1c2ccccc2-c2ccccc21)N1CCC(O)(c2ccccc2Br)CC1. The smallest absolute Gasteiger partial charge is 0.409 e. The molecule has 0 unspecified atom stereocenters. The van der Waals surface area contributed by atoms with Crippen LogP contribution in [0.15, 0.2) is 77.3 Å². The van der Waals surface area contributed by atoms with E-state index in [2.05, 4.69) is 40.2 Å². The zero-order chi connectivity index (χ0) is 21.4. The number of hydrogen-bond donors (Lipinski definition) is 1. The van der Waals surface area contributed by atoms with Crippen molar-refractivity contribution < 1.29 is 14.6 Å². The molecule has 4 nitrogen and oxygen atoms in total. The van der Waals surface area contributed by atoms with Crippen LogP contribution in [-0.2, 0) is 10.3 Å². The second-order valence-corrected chi connectivity index (χ2v) is 9.16. The summed E-state index contributed by atoms with van der Waals surface area (Å²) in [6, 6.07) is 24.4. The zero-order valence-corrected chi connectivity index (χ0v) is 18.7. The molecule has 1 heterocycles. The molecule has 5 heteroatoms. The van der Waals surface area contributed by atoms with Crippen molar-refractivity contribution in [2.45, 2.75) is 24.4 Å². The molecule has 0 aromatic heterocycles. The van der Waals surface area contributed by atoms with Crippen LogP contribution < -0.4 is 0 Å². The van der Waals surface area contributed by atoms with Crippen LogP contribution in [0.1, 0.15) is 35.4 Å². The summed E-state index contributed by atoms with van der Waals surface area (Å²) < 4.78 is 6.67. The van der Waals surface area contributed by atoms with E-state index in [4.69, 9.17) is 4.74 Å². The molecule has 158 valence electrons. The molecule has 2 aliphatic rings. The zero-order valence-electron chi connectivity index (χ0n) is 17.1. The summed E-state index contributed by atoms with van der Waals surface area (Å²) in [6.45, 7) is 1.25. The van der Waals surface area contributed by atoms with Gasteiger partial charge in [0.15, 0.2) is 0 Å². The standard InChI is InChI=1S/C26H24BrNO3/c27-24-12-6-5-11-23(24)26(30)13-15-28(16-14-26)25(29)31-17-22-20-9-3-1-7-18(20)19-8-2-4-10-21(19)22/h1-12,22,30H,13-17H2. The van der Waals surface area contributed by atoms with Gasteiger partial charge in [0.1, 0.15) is 6.61 Å². The predicted octanol–water partition coefficient (Wildman–Crippen LogP) is 5.68. The summed E-state index contributed by atoms with van der Waals surface area (Å²) in [6.07, 6.45) is 0.663. The van der Waals surface area contributed by atoms with Crippen molar-refractivity contribution in [3.8, 4) is 11.1 Å². The fraction of sp³-hybridized carbons (Fsp3) is 0.269. The summed E-state index contributed by atoms with van der Waals surface area (Å²) in [4.78, 5) is 14.5. The molecule has 0 bridgehead atoms. The van der Waals surface area contributed by atoms with Gasteiger partial charge in [-0.1, -0.05) is 82.7 Å². The third-order valence-electron chi connectivity index (χ3n) is 6.56. The molecule has 0 saturated carbocycles. The normalized spacial score (nSPS) is 17.2. The Morgan fingerprint density at radius 1 is 0.935 bits per heavy atom. The fourth-order valence-electron chi connectivity index (χ4n) is 4.85. The highest BCUT2D eigenvalue weighted by molar-refractivity contribution is 9.10. The van der Waals surface area contributed by atoms with Gasteiger partial charge < -0.3 is 14.7 Å². The number of halogens is 1. The maximum absolute atomic E-state index is 12.8. The summed E-state index contributed by atoms with van der Waals surface area (Å²) in [5, 5.41) is 11.1. The van der Waals surface area contributed by atoms with Gasteiger partial charge in [0.05, 0.1) is 5.60 Å². The lowest BCUT2D eigenvalue weighted by Crippen LogP contribution is -2.45. The van der Waals surface area contributed by atoms with Crippen molar-refractivity contribution in [1.29, 1.82) is 0 Å². The second-order valence-electron chi connectivity index (χ2n) is 8.30. The lowest BCUT2D eigenvalue weighted by Gasteiger charge is -2.38. The van der Waals surface area contributed by atoms with Crippen molar-refractivity contribution in [3.63, 3.8) is 0 Å². The number of fused-ring (bicyclic) bond motifs is 3. The van der Waals surface area contributed by atoms with Gasteiger partial charge in [0.2, 0.25) is 0 Å². The van der Waals surface area contributed by atoms with Crippen LogP contribution in [-0.4, -0.2) is 35.8 Å². The quantitative estimate of drug-likeness (QED) is 0.527. The highest BCUT2D eigenvalue weighted by atomic mass is 79.9. The van der Waals surface area contributed by atoms with Crippen LogP contribution in [0.3, 0.4) is 0 Å². The second kappa shape index (κ2) is 8.13. The van der Waals surface area contributed by atoms with Crippen molar-refractivity contribution >= 4 is 22.0 Å². The van der Waals surface area contributed by atoms with Crippen LogP contribution >= 0.6 is 15.9 Å². The summed E-state index contributed by atoms with van der Waals surface area (Å²) >= 11 is 3.53. The van der Waals surface area contributed by atoms with Crippen LogP contribution in [0.4, 0.5) is 4.79 Å². The molecule has 3 aromatic rings. The van der Waals surface area contributed by atoms with Crippen LogP contribution in [0.2, 0.25) is 0 Å². The van der Waals surface area contributed by atoms with E-state index >= 15 is 0 Å². The Labute approximate surface area is 190 Å². The third-order valence-corrected chi connectivity index (χ3v) is 7.25. The number of carbonyl (C=O) groups is 1. The number of carbonyl (C=O) groups excluding carboxylic acids is 1. The first kappa shape index (κ1) is 20.3. The number of rotatable bonds is 3. The first-order valence-electron chi connectivity index (χ1n) is 10.6. The van der Waals surface area contributed by atoms with Crippen LogP contribution in [0.5, 0.6) is 0 Å². The average Bonchev–Trinajstić information content (AvgIpc) is 3.12. The largest absolute Gasteiger partial charge is 0.448 e. The highest BCUT2D eigenvalue weighted by Crippen LogP contribution is 2.44. The number of ether oxygens (including phenoxy) is 1. The topological polar surface area (TPSA) is 49.8 Å². The van der Waals surface area contributed by atoms with Crippen LogP contribution in [0.25, 0.3) is 11.1 Å². The van der Waals surface area contributed by atoms with Gasteiger partial charge in [-0.25, -0.2) is 4.79 Å². The lowest BCUT2D eigenvalue weighted by molar-refractivity contribution is -0.0255. The van der Waals surface area contributed by atoms with E-state index in [0.29, 0.717) is 32.5 Å². The molecule has 0 radical (unpaired) electrons. The van der Waals surface area contributed by atoms with Crippen molar-refractivity contribution in [2.24, 2.45) is 0 Å². The van der Waals surface area contributed by atoms with E-state index in [1.807, 2.05) is 48.5 Å². The number of piperidine rings is 1. The van der Waals surface area contributed by atoms with Gasteiger partial charge in [-0.3, -0.25) is 0 Å². The molecule has 1 fully saturated rings. The van der Waals surface area contributed by atoms with Gasteiger partial charge >= 0.3 is 6.09 Å². The summed E-state index contributed by atoms with van der Waals surface area (Å²) in [5.41, 5.74) is 4.80. The number of aliphatic hydroxyl groups is 1. The monoisotopic (exact) mass is 477 g/mol. The Kier molecular flexibility index (Phi) is 5.32. The number of hydrogen-bond acceptors (Lipinski definition) is 3. The third kappa shape index (κ3) is 3.66. The maximum Gasteiger partial charge on any atom is 0.409 e. The Morgan fingerprint density at radius 3 is 2.10 bits per heavy atom. The van der Waals surface area contributed by atoms with Crippen LogP contribution in [0, 0.1) is 0 Å². The molecule has 1 aliphatic carbocycles. The number of amides is 1. The average molecular weight is 478 g/mol. The van der Waals surface area contributed by atoms with Crippen molar-refractivity contribution in [3.05, 3.63) is 94.0 Å². The minimum Gasteiger partial charge on any atom is -0.448 e. The van der Waals surface area contributed by atoms with E-state index in [0.717, 1.165) is 10.0 Å². The first-order chi connectivity index (χ1) is 15.1. The van der Waals surface area contributed by atoms with E-state index in [1.54, 1.807) is 4.90 Å². The van der Waals surface area contributed by atoms with E-state index in [9.17, 15) is 9.90 Å². The molecule has 1 saturated heterocycles. The minimum atomic E-state index is -0.930. The van der Waals surface area contributed by atoms with Gasteiger partial charge in [0, 0.05) is 23.5 Å². The number of likely N-dealkylation sites (tertiary alicyclic amines) is 1. The summed E-state index contributed by atoms with van der Waals surface area (Å²) in [7, 11) is 0. The summed E-state index contributed by atoms with van der Waals surface area (Å²) in [5.74, 6) is 0.0540. The Hall–Kier alpha value is -2.63. The Morgan fingerprint density at radius 2 is 1.48 bits per heavy atom. The van der Waals surface area contributed by atoms with Gasteiger partial charge in [-0.2, -0.15) is 0 Å². The van der Waals surface area contributed by atoms with Crippen molar-refractivity contribution in [1.82, 2.24) is 4.90 Å². The molecule has 1 N–H and O–H groups in total. The first-order valence-corrected chi connectivity index (χ1v) is 11.4. The molecular weight excluding hydrogens is 454 g/mol. The van der Waals surface area contributed by atoms with E-state index < -0.39 is 5.60 Å². The minimum absolute atomic E-state index is 0.0540.